The summed E-state index contributed by atoms with van der Waals surface area (Å²) in [4.78, 5) is 0. The molecular formula is C9F19O2. The number of hydrogen-bond donors (Lipinski definition) is 0. The number of halogens is 19. The third-order valence-corrected chi connectivity index (χ3v) is 2.61. The lowest BCUT2D eigenvalue weighted by Gasteiger charge is -2.40. The first-order chi connectivity index (χ1) is 12.6. The monoisotopic (exact) mass is 501 g/mol. The first kappa shape index (κ1) is 28.6. The van der Waals surface area contributed by atoms with Crippen LogP contribution in [0.4, 0.5) is 83.4 Å². The Hall–Kier alpha value is -1.41. The van der Waals surface area contributed by atoms with Gasteiger partial charge >= 0.3 is 54.8 Å². The number of hydrogen-bond acceptors (Lipinski definition) is 2. The van der Waals surface area contributed by atoms with Crippen LogP contribution < -0.4 is 0 Å². The number of ether oxygens (including phenoxy) is 2. The van der Waals surface area contributed by atoms with E-state index in [0.717, 1.165) is 4.74 Å². The van der Waals surface area contributed by atoms with Crippen LogP contribution in [0.15, 0.2) is 0 Å². The lowest BCUT2D eigenvalue weighted by atomic mass is 10.2. The summed E-state index contributed by atoms with van der Waals surface area (Å²) in [5.74, 6) is -23.5. The Kier molecular flexibility index (Phi) is 6.98. The van der Waals surface area contributed by atoms with E-state index in [1.54, 1.807) is 0 Å². The molecule has 0 saturated heterocycles. The van der Waals surface area contributed by atoms with Gasteiger partial charge in [-0.05, 0) is 0 Å². The molecule has 0 saturated carbocycles. The van der Waals surface area contributed by atoms with E-state index in [0.29, 0.717) is 0 Å². The molecule has 0 aliphatic rings. The standard InChI is InChI=1S/C9F19O2/c10-1(11)2(12,5(16,17)18)29-9(27,28)4(15,7(22,23)24)30-8(25,26)3(13,14)6(19,20)21. The molecule has 1 radical (unpaired) electrons. The zero-order valence-electron chi connectivity index (χ0n) is 12.5. The summed E-state index contributed by atoms with van der Waals surface area (Å²) in [5, 5.41) is 0. The third kappa shape index (κ3) is 4.59. The molecule has 0 aliphatic heterocycles. The molecule has 181 valence electrons. The van der Waals surface area contributed by atoms with Crippen molar-refractivity contribution in [3.63, 3.8) is 0 Å². The molecule has 0 amide bonds. The lowest BCUT2D eigenvalue weighted by molar-refractivity contribution is -0.552. The third-order valence-electron chi connectivity index (χ3n) is 2.61. The molecule has 0 aromatic heterocycles. The van der Waals surface area contributed by atoms with Gasteiger partial charge in [-0.3, -0.25) is 9.47 Å². The van der Waals surface area contributed by atoms with Gasteiger partial charge in [0, 0.05) is 0 Å². The molecule has 30 heavy (non-hydrogen) atoms. The molecule has 0 bridgehead atoms. The number of rotatable bonds is 7. The van der Waals surface area contributed by atoms with Gasteiger partial charge < -0.3 is 0 Å². The topological polar surface area (TPSA) is 18.5 Å². The van der Waals surface area contributed by atoms with Gasteiger partial charge in [0.2, 0.25) is 0 Å². The highest BCUT2D eigenvalue weighted by molar-refractivity contribution is 4.98. The molecular weight excluding hydrogens is 501 g/mol. The minimum Gasteiger partial charge on any atom is -0.265 e. The van der Waals surface area contributed by atoms with Crippen molar-refractivity contribution >= 4 is 0 Å². The fraction of sp³-hybridized carbons (Fsp3) is 0.889. The SMILES string of the molecule is F[C](F)C(F)(OC(F)(F)C(F)(OC(F)(F)C(F)(F)C(F)(F)F)C(F)(F)F)C(F)(F)F. The molecule has 0 spiro atoms. The van der Waals surface area contributed by atoms with Gasteiger partial charge in [0.15, 0.2) is 0 Å². The molecule has 0 fully saturated rings. The van der Waals surface area contributed by atoms with E-state index in [1.165, 1.54) is 4.74 Å². The van der Waals surface area contributed by atoms with Gasteiger partial charge in [-0.15, -0.1) is 0 Å². The molecule has 0 rings (SSSR count). The van der Waals surface area contributed by atoms with E-state index in [9.17, 15) is 83.4 Å². The van der Waals surface area contributed by atoms with Crippen LogP contribution in [0.2, 0.25) is 0 Å². The quantitative estimate of drug-likeness (QED) is 0.382. The highest BCUT2D eigenvalue weighted by atomic mass is 19.4. The van der Waals surface area contributed by atoms with E-state index in [1.807, 2.05) is 0 Å². The van der Waals surface area contributed by atoms with Crippen molar-refractivity contribution in [2.75, 3.05) is 0 Å². The van der Waals surface area contributed by atoms with Crippen LogP contribution in [0, 0.1) is 6.43 Å². The highest BCUT2D eigenvalue weighted by Crippen LogP contribution is 2.57. The Bertz CT molecular complexity index is 601. The van der Waals surface area contributed by atoms with Gasteiger partial charge in [-0.2, -0.15) is 83.4 Å². The predicted octanol–water partition coefficient (Wildman–Crippen LogP) is 6.29. The van der Waals surface area contributed by atoms with E-state index in [2.05, 4.69) is 0 Å². The first-order valence-corrected chi connectivity index (χ1v) is 5.91. The van der Waals surface area contributed by atoms with Crippen molar-refractivity contribution in [1.29, 1.82) is 0 Å². The molecule has 21 heteroatoms. The minimum absolute atomic E-state index is 1.13. The highest BCUT2D eigenvalue weighted by Gasteiger charge is 2.85. The Morgan fingerprint density at radius 3 is 1.03 bits per heavy atom. The van der Waals surface area contributed by atoms with Crippen LogP contribution >= 0.6 is 0 Å². The van der Waals surface area contributed by atoms with E-state index in [-0.39, 0.29) is 0 Å². The first-order valence-electron chi connectivity index (χ1n) is 5.91. The van der Waals surface area contributed by atoms with Crippen molar-refractivity contribution in [3.05, 3.63) is 6.43 Å². The fourth-order valence-corrected chi connectivity index (χ4v) is 1.13. The summed E-state index contributed by atoms with van der Waals surface area (Å²) >= 11 is 0. The molecule has 0 N–H and O–H groups in total. The van der Waals surface area contributed by atoms with Crippen LogP contribution in [0.3, 0.4) is 0 Å². The van der Waals surface area contributed by atoms with Crippen LogP contribution in [0.25, 0.3) is 0 Å². The van der Waals surface area contributed by atoms with Gasteiger partial charge in [0.05, 0.1) is 0 Å². The maximum Gasteiger partial charge on any atom is 0.462 e. The van der Waals surface area contributed by atoms with Crippen LogP contribution in [-0.2, 0) is 9.47 Å². The van der Waals surface area contributed by atoms with Crippen LogP contribution in [0.1, 0.15) is 0 Å². The maximum absolute atomic E-state index is 13.5. The van der Waals surface area contributed by atoms with Crippen molar-refractivity contribution in [2.45, 2.75) is 48.4 Å². The van der Waals surface area contributed by atoms with Gasteiger partial charge in [-0.25, -0.2) is 0 Å². The molecule has 2 nitrogen and oxygen atoms in total. The average molecular weight is 501 g/mol. The van der Waals surface area contributed by atoms with Crippen LogP contribution in [-0.4, -0.2) is 48.4 Å². The van der Waals surface area contributed by atoms with Gasteiger partial charge in [0.1, 0.15) is 0 Å². The lowest BCUT2D eigenvalue weighted by Crippen LogP contribution is -2.67. The van der Waals surface area contributed by atoms with E-state index >= 15 is 0 Å². The molecule has 2 unspecified atom stereocenters. The normalized spacial score (nSPS) is 19.6. The molecule has 0 heterocycles. The summed E-state index contributed by atoms with van der Waals surface area (Å²) in [7, 11) is 0. The van der Waals surface area contributed by atoms with E-state index in [4.69, 9.17) is 0 Å². The zero-order valence-corrected chi connectivity index (χ0v) is 12.5. The van der Waals surface area contributed by atoms with E-state index < -0.39 is 54.8 Å². The van der Waals surface area contributed by atoms with Gasteiger partial charge in [0.25, 0.3) is 0 Å². The summed E-state index contributed by atoms with van der Waals surface area (Å²) in [6, 6.07) is 0. The smallest absolute Gasteiger partial charge is 0.265 e. The second-order valence-electron chi connectivity index (χ2n) is 4.76. The Labute approximate surface area is 149 Å². The fourth-order valence-electron chi connectivity index (χ4n) is 1.13. The predicted molar refractivity (Wildman–Crippen MR) is 48.3 cm³/mol. The van der Waals surface area contributed by atoms with Crippen molar-refractivity contribution < 1.29 is 92.9 Å². The van der Waals surface area contributed by atoms with Crippen LogP contribution in [0.5, 0.6) is 0 Å². The van der Waals surface area contributed by atoms with Crippen molar-refractivity contribution in [2.24, 2.45) is 0 Å². The summed E-state index contributed by atoms with van der Waals surface area (Å²) < 4.78 is 238. The summed E-state index contributed by atoms with van der Waals surface area (Å²) in [6.07, 6.45) is -44.2. The second-order valence-corrected chi connectivity index (χ2v) is 4.76. The summed E-state index contributed by atoms with van der Waals surface area (Å²) in [6.45, 7) is 0. The zero-order chi connectivity index (χ0) is 25.0. The number of alkyl halides is 17. The molecule has 2 atom stereocenters. The Morgan fingerprint density at radius 2 is 0.800 bits per heavy atom. The minimum atomic E-state index is -8.17. The largest absolute Gasteiger partial charge is 0.462 e. The molecule has 0 aromatic carbocycles. The summed E-state index contributed by atoms with van der Waals surface area (Å²) in [5.41, 5.74) is 0. The Balaban J connectivity index is 6.60. The average Bonchev–Trinajstić information content (AvgIpc) is 2.41. The Morgan fingerprint density at radius 1 is 0.433 bits per heavy atom. The molecule has 0 aromatic rings. The maximum atomic E-state index is 13.5. The van der Waals surface area contributed by atoms with Crippen molar-refractivity contribution in [1.82, 2.24) is 0 Å². The second kappa shape index (κ2) is 7.33. The molecule has 0 aliphatic carbocycles. The van der Waals surface area contributed by atoms with Crippen molar-refractivity contribution in [3.8, 4) is 0 Å². The van der Waals surface area contributed by atoms with Gasteiger partial charge in [-0.1, -0.05) is 0 Å².